The van der Waals surface area contributed by atoms with Gasteiger partial charge >= 0.3 is 0 Å². The van der Waals surface area contributed by atoms with Crippen LogP contribution in [0, 0.1) is 0 Å². The summed E-state index contributed by atoms with van der Waals surface area (Å²) in [4.78, 5) is 10.5. The first-order chi connectivity index (χ1) is 10.1. The maximum Gasteiger partial charge on any atom is 0.160 e. The molecule has 0 spiro atoms. The maximum absolute atomic E-state index is 10.5. The summed E-state index contributed by atoms with van der Waals surface area (Å²) in [6.07, 6.45) is -0.683. The third-order valence-corrected chi connectivity index (χ3v) is 3.18. The van der Waals surface area contributed by atoms with E-state index in [0.29, 0.717) is 12.2 Å². The number of methoxy groups -OCH3 is 1. The third-order valence-electron chi connectivity index (χ3n) is 3.18. The van der Waals surface area contributed by atoms with Gasteiger partial charge in [0.2, 0.25) is 0 Å². The summed E-state index contributed by atoms with van der Waals surface area (Å²) in [7, 11) is 1.50. The predicted molar refractivity (Wildman–Crippen MR) is 76.1 cm³/mol. The predicted octanol–water partition coefficient (Wildman–Crippen LogP) is 1.42. The van der Waals surface area contributed by atoms with Crippen molar-refractivity contribution in [3.8, 4) is 11.5 Å². The van der Waals surface area contributed by atoms with E-state index in [0.717, 1.165) is 16.7 Å². The summed E-state index contributed by atoms with van der Waals surface area (Å²) in [5.41, 5.74) is 2.85. The zero-order valence-corrected chi connectivity index (χ0v) is 11.6. The van der Waals surface area contributed by atoms with E-state index in [-0.39, 0.29) is 12.3 Å². The molecule has 0 atom stereocenters. The number of nitrogens with one attached hydrogen (secondary N) is 1. The lowest BCUT2D eigenvalue weighted by molar-refractivity contribution is -0.251. The van der Waals surface area contributed by atoms with E-state index in [2.05, 4.69) is 5.32 Å². The van der Waals surface area contributed by atoms with Gasteiger partial charge in [-0.25, -0.2) is 0 Å². The maximum atomic E-state index is 10.5. The molecule has 0 radical (unpaired) electrons. The van der Waals surface area contributed by atoms with Gasteiger partial charge in [0.15, 0.2) is 11.5 Å². The largest absolute Gasteiger partial charge is 0.530 e. The highest BCUT2D eigenvalue weighted by molar-refractivity contribution is 5.62. The van der Waals surface area contributed by atoms with Crippen LogP contribution in [0.3, 0.4) is 0 Å². The second kappa shape index (κ2) is 6.65. The van der Waals surface area contributed by atoms with E-state index in [9.17, 15) is 15.0 Å². The molecule has 2 aromatic carbocycles. The van der Waals surface area contributed by atoms with Crippen LogP contribution in [0.1, 0.15) is 16.7 Å². The lowest BCUT2D eigenvalue weighted by atomic mass is 9.99. The third kappa shape index (κ3) is 3.89. The topological polar surface area (TPSA) is 81.6 Å². The highest BCUT2D eigenvalue weighted by Crippen LogP contribution is 2.27. The van der Waals surface area contributed by atoms with E-state index in [1.807, 2.05) is 24.3 Å². The Hall–Kier alpha value is -2.69. The van der Waals surface area contributed by atoms with Gasteiger partial charge in [-0.1, -0.05) is 30.3 Å². The first-order valence-corrected chi connectivity index (χ1v) is 6.47. The second-order valence-electron chi connectivity index (χ2n) is 4.59. The summed E-state index contributed by atoms with van der Waals surface area (Å²) in [5, 5.41) is 22.4. The highest BCUT2D eigenvalue weighted by atomic mass is 16.5. The molecule has 0 aliphatic heterocycles. The second-order valence-corrected chi connectivity index (χ2v) is 4.59. The summed E-state index contributed by atoms with van der Waals surface area (Å²) in [5.74, 6) is 0.506. The molecule has 2 rings (SSSR count). The molecule has 0 aliphatic rings. The Morgan fingerprint density at radius 1 is 1.24 bits per heavy atom. The van der Waals surface area contributed by atoms with Crippen LogP contribution in [-0.4, -0.2) is 18.3 Å². The van der Waals surface area contributed by atoms with Crippen molar-refractivity contribution in [3.63, 3.8) is 0 Å². The summed E-state index contributed by atoms with van der Waals surface area (Å²) >= 11 is 0. The highest BCUT2D eigenvalue weighted by Gasteiger charge is 2.06. The van der Waals surface area contributed by atoms with Gasteiger partial charge in [-0.2, -0.15) is 0 Å². The zero-order chi connectivity index (χ0) is 15.2. The van der Waals surface area contributed by atoms with E-state index >= 15 is 0 Å². The number of aromatic hydroxyl groups is 1. The molecule has 0 fully saturated rings. The molecular weight excluding hydrogens is 270 g/mol. The van der Waals surface area contributed by atoms with Crippen LogP contribution >= 0.6 is 0 Å². The van der Waals surface area contributed by atoms with Crippen LogP contribution in [0.2, 0.25) is 0 Å². The first-order valence-electron chi connectivity index (χ1n) is 6.47. The van der Waals surface area contributed by atoms with Gasteiger partial charge in [0, 0.05) is 6.54 Å². The normalized spacial score (nSPS) is 10.1. The average molecular weight is 286 g/mol. The van der Waals surface area contributed by atoms with E-state index < -0.39 is 6.09 Å². The Morgan fingerprint density at radius 3 is 2.62 bits per heavy atom. The van der Waals surface area contributed by atoms with Crippen molar-refractivity contribution in [1.82, 2.24) is 5.32 Å². The van der Waals surface area contributed by atoms with Crippen molar-refractivity contribution in [3.05, 3.63) is 59.2 Å². The Labute approximate surface area is 122 Å². The number of benzene rings is 2. The van der Waals surface area contributed by atoms with Crippen LogP contribution in [-0.2, 0) is 13.0 Å². The molecule has 0 aliphatic carbocycles. The molecule has 2 N–H and O–H groups in total. The Morgan fingerprint density at radius 2 is 1.95 bits per heavy atom. The van der Waals surface area contributed by atoms with Crippen LogP contribution in [0.15, 0.2) is 42.5 Å². The van der Waals surface area contributed by atoms with Crippen molar-refractivity contribution < 1.29 is 19.7 Å². The molecular formula is C16H16NO4-. The molecule has 5 nitrogen and oxygen atoms in total. The number of carbonyl (C=O) groups is 1. The van der Waals surface area contributed by atoms with Gasteiger partial charge in [0.25, 0.3) is 0 Å². The fourth-order valence-corrected chi connectivity index (χ4v) is 2.12. The minimum atomic E-state index is -1.30. The number of amides is 1. The molecule has 5 heteroatoms. The number of ether oxygens (including phenoxy) is 1. The van der Waals surface area contributed by atoms with Gasteiger partial charge in [-0.05, 0) is 35.2 Å². The van der Waals surface area contributed by atoms with E-state index in [1.165, 1.54) is 7.11 Å². The number of hydrogen-bond donors (Lipinski definition) is 2. The molecule has 21 heavy (non-hydrogen) atoms. The van der Waals surface area contributed by atoms with Gasteiger partial charge in [0.05, 0.1) is 7.11 Å². The molecule has 0 heterocycles. The standard InChI is InChI=1S/C16H17NO4/c1-21-15-9-11(6-7-14(15)18)8-12-4-2-3-5-13(12)10-17-16(19)20/h2-7,9,17-18H,8,10H2,1H3,(H,19,20)/p-1. The Bertz CT molecular complexity index is 640. The fraction of sp³-hybridized carbons (Fsp3) is 0.188. The summed E-state index contributed by atoms with van der Waals surface area (Å²) < 4.78 is 5.08. The molecule has 0 saturated heterocycles. The van der Waals surface area contributed by atoms with Crippen molar-refractivity contribution in [1.29, 1.82) is 0 Å². The Kier molecular flexibility index (Phi) is 4.66. The monoisotopic (exact) mass is 286 g/mol. The number of carboxylic acid groups (broad SMARTS) is 1. The molecule has 2 aromatic rings. The molecule has 0 bridgehead atoms. The summed E-state index contributed by atoms with van der Waals surface area (Å²) in [6, 6.07) is 12.7. The average Bonchev–Trinajstić information content (AvgIpc) is 2.48. The number of carbonyl (C=O) groups excluding carboxylic acids is 1. The lowest BCUT2D eigenvalue weighted by Crippen LogP contribution is -2.36. The van der Waals surface area contributed by atoms with Crippen molar-refractivity contribution >= 4 is 6.09 Å². The molecule has 1 amide bonds. The number of phenolic OH excluding ortho intramolecular Hbond substituents is 1. The minimum Gasteiger partial charge on any atom is -0.530 e. The van der Waals surface area contributed by atoms with E-state index in [1.54, 1.807) is 18.2 Å². The summed E-state index contributed by atoms with van der Waals surface area (Å²) in [6.45, 7) is 0.202. The van der Waals surface area contributed by atoms with Crippen LogP contribution in [0.25, 0.3) is 0 Å². The molecule has 0 aromatic heterocycles. The van der Waals surface area contributed by atoms with Gasteiger partial charge < -0.3 is 25.1 Å². The fourth-order valence-electron chi connectivity index (χ4n) is 2.12. The van der Waals surface area contributed by atoms with Gasteiger partial charge in [-0.15, -0.1) is 0 Å². The van der Waals surface area contributed by atoms with Crippen molar-refractivity contribution in [2.45, 2.75) is 13.0 Å². The number of hydrogen-bond acceptors (Lipinski definition) is 4. The smallest absolute Gasteiger partial charge is 0.160 e. The van der Waals surface area contributed by atoms with Gasteiger partial charge in [-0.3, -0.25) is 0 Å². The number of phenols is 1. The zero-order valence-electron chi connectivity index (χ0n) is 11.6. The van der Waals surface area contributed by atoms with Crippen LogP contribution < -0.4 is 15.2 Å². The van der Waals surface area contributed by atoms with Crippen molar-refractivity contribution in [2.75, 3.05) is 7.11 Å². The van der Waals surface area contributed by atoms with Crippen LogP contribution in [0.4, 0.5) is 4.79 Å². The SMILES string of the molecule is COc1cc(Cc2ccccc2CNC(=O)[O-])ccc1O. The lowest BCUT2D eigenvalue weighted by Gasteiger charge is -2.12. The first kappa shape index (κ1) is 14.7. The van der Waals surface area contributed by atoms with Crippen LogP contribution in [0.5, 0.6) is 11.5 Å². The van der Waals surface area contributed by atoms with Crippen molar-refractivity contribution in [2.24, 2.45) is 0 Å². The van der Waals surface area contributed by atoms with E-state index in [4.69, 9.17) is 4.74 Å². The van der Waals surface area contributed by atoms with Gasteiger partial charge in [0.1, 0.15) is 6.09 Å². The molecule has 110 valence electrons. The minimum absolute atomic E-state index is 0.0909. The molecule has 0 saturated carbocycles. The molecule has 0 unspecified atom stereocenters. The quantitative estimate of drug-likeness (QED) is 0.871. The number of rotatable bonds is 5. The Balaban J connectivity index is 2.21.